The number of rotatable bonds is 4. The second-order valence-electron chi connectivity index (χ2n) is 3.08. The highest BCUT2D eigenvalue weighted by Crippen LogP contribution is 2.30. The minimum atomic E-state index is -1.71. The smallest absolute Gasteiger partial charge is 0.275 e. The monoisotopic (exact) mass is 250 g/mol. The minimum Gasteiger partial charge on any atom is -0.437 e. The zero-order valence-corrected chi connectivity index (χ0v) is 10.3. The predicted molar refractivity (Wildman–Crippen MR) is 69.8 cm³/mol. The number of hydrogen-bond acceptors (Lipinski definition) is 3. The van der Waals surface area contributed by atoms with Gasteiger partial charge in [-0.2, -0.15) is 0 Å². The first-order valence-electron chi connectivity index (χ1n) is 4.84. The van der Waals surface area contributed by atoms with Crippen LogP contribution in [0.4, 0.5) is 0 Å². The van der Waals surface area contributed by atoms with Gasteiger partial charge < -0.3 is 9.05 Å². The zero-order chi connectivity index (χ0) is 11.2. The molecule has 0 aromatic heterocycles. The van der Waals surface area contributed by atoms with Crippen LogP contribution in [0.15, 0.2) is 60.7 Å². The lowest BCUT2D eigenvalue weighted by Crippen LogP contribution is -1.87. The molecule has 0 radical (unpaired) electrons. The summed E-state index contributed by atoms with van der Waals surface area (Å²) >= 11 is 5.16. The molecule has 4 heteroatoms. The van der Waals surface area contributed by atoms with Crippen LogP contribution < -0.4 is 9.05 Å². The summed E-state index contributed by atoms with van der Waals surface area (Å²) in [6, 6.07) is 18.9. The highest BCUT2D eigenvalue weighted by molar-refractivity contribution is 8.01. The van der Waals surface area contributed by atoms with Gasteiger partial charge in [-0.25, -0.2) is 0 Å². The summed E-state index contributed by atoms with van der Waals surface area (Å²) in [6.45, 7) is 0. The molecular formula is C12H11O2PS. The van der Waals surface area contributed by atoms with E-state index in [0.717, 1.165) is 11.5 Å². The zero-order valence-electron chi connectivity index (χ0n) is 8.50. The van der Waals surface area contributed by atoms with E-state index in [9.17, 15) is 0 Å². The van der Waals surface area contributed by atoms with Crippen LogP contribution in [-0.4, -0.2) is 0 Å². The van der Waals surface area contributed by atoms with E-state index >= 15 is 0 Å². The Labute approximate surface area is 100 Å². The summed E-state index contributed by atoms with van der Waals surface area (Å²) in [5.74, 6) is 1.50. The van der Waals surface area contributed by atoms with Gasteiger partial charge in [0.1, 0.15) is 11.5 Å². The second kappa shape index (κ2) is 5.69. The van der Waals surface area contributed by atoms with Crippen LogP contribution in [-0.2, 0) is 11.8 Å². The van der Waals surface area contributed by atoms with Gasteiger partial charge in [0.25, 0.3) is 7.15 Å². The fourth-order valence-corrected chi connectivity index (χ4v) is 2.47. The molecule has 2 rings (SSSR count). The molecule has 16 heavy (non-hydrogen) atoms. The Bertz CT molecular complexity index is 415. The second-order valence-corrected chi connectivity index (χ2v) is 4.99. The Kier molecular flexibility index (Phi) is 3.97. The summed E-state index contributed by atoms with van der Waals surface area (Å²) in [5.41, 5.74) is 0. The van der Waals surface area contributed by atoms with E-state index in [1.54, 1.807) is 0 Å². The van der Waals surface area contributed by atoms with Crippen molar-refractivity contribution in [2.75, 3.05) is 0 Å². The van der Waals surface area contributed by atoms with Crippen molar-refractivity contribution in [1.29, 1.82) is 0 Å². The number of hydrogen-bond donors (Lipinski definition) is 0. The molecule has 2 nitrogen and oxygen atoms in total. The van der Waals surface area contributed by atoms with Crippen molar-refractivity contribution in [2.45, 2.75) is 0 Å². The fourth-order valence-electron chi connectivity index (χ4n) is 1.19. The van der Waals surface area contributed by atoms with Gasteiger partial charge >= 0.3 is 0 Å². The summed E-state index contributed by atoms with van der Waals surface area (Å²) < 4.78 is 11.0. The summed E-state index contributed by atoms with van der Waals surface area (Å²) in [4.78, 5) is 0. The molecule has 0 saturated carbocycles. The van der Waals surface area contributed by atoms with Gasteiger partial charge in [0.05, 0.1) is 0 Å². The van der Waals surface area contributed by atoms with E-state index in [1.807, 2.05) is 60.7 Å². The third-order valence-electron chi connectivity index (χ3n) is 1.89. The molecule has 0 saturated heterocycles. The molecule has 0 amide bonds. The minimum absolute atomic E-state index is 0.752. The van der Waals surface area contributed by atoms with Gasteiger partial charge in [-0.15, -0.1) is 0 Å². The van der Waals surface area contributed by atoms with Crippen LogP contribution in [0.5, 0.6) is 11.5 Å². The molecule has 0 spiro atoms. The molecule has 82 valence electrons. The molecule has 0 atom stereocenters. The van der Waals surface area contributed by atoms with Crippen molar-refractivity contribution in [1.82, 2.24) is 0 Å². The first-order valence-corrected chi connectivity index (χ1v) is 7.29. The molecule has 0 aliphatic rings. The van der Waals surface area contributed by atoms with Crippen LogP contribution in [0.25, 0.3) is 0 Å². The van der Waals surface area contributed by atoms with Crippen molar-refractivity contribution < 1.29 is 9.05 Å². The molecule has 0 unspecified atom stereocenters. The Morgan fingerprint density at radius 1 is 0.688 bits per heavy atom. The molecule has 0 heterocycles. The Morgan fingerprint density at radius 3 is 1.44 bits per heavy atom. The first kappa shape index (κ1) is 11.2. The maximum Gasteiger partial charge on any atom is 0.275 e. The largest absolute Gasteiger partial charge is 0.437 e. The van der Waals surface area contributed by atoms with Crippen molar-refractivity contribution >= 4 is 19.0 Å². The Morgan fingerprint density at radius 2 is 1.06 bits per heavy atom. The molecular weight excluding hydrogens is 239 g/mol. The third-order valence-corrected chi connectivity index (χ3v) is 3.19. The highest BCUT2D eigenvalue weighted by Gasteiger charge is 1.99. The average molecular weight is 250 g/mol. The van der Waals surface area contributed by atoms with Crippen LogP contribution in [0.3, 0.4) is 0 Å². The van der Waals surface area contributed by atoms with Gasteiger partial charge in [-0.1, -0.05) is 36.4 Å². The lowest BCUT2D eigenvalue weighted by Gasteiger charge is -2.10. The summed E-state index contributed by atoms with van der Waals surface area (Å²) in [7, 11) is -1.71. The molecule has 0 N–H and O–H groups in total. The molecule has 2 aromatic carbocycles. The predicted octanol–water partition coefficient (Wildman–Crippen LogP) is 3.65. The lowest BCUT2D eigenvalue weighted by atomic mass is 10.3. The van der Waals surface area contributed by atoms with Crippen LogP contribution >= 0.6 is 7.15 Å². The molecule has 2 aromatic rings. The van der Waals surface area contributed by atoms with Crippen molar-refractivity contribution in [2.24, 2.45) is 0 Å². The van der Waals surface area contributed by atoms with Gasteiger partial charge in [-0.05, 0) is 36.1 Å². The maximum atomic E-state index is 5.51. The van der Waals surface area contributed by atoms with Crippen molar-refractivity contribution in [3.05, 3.63) is 60.7 Å². The van der Waals surface area contributed by atoms with E-state index in [1.165, 1.54) is 0 Å². The van der Waals surface area contributed by atoms with Gasteiger partial charge in [-0.3, -0.25) is 0 Å². The standard InChI is InChI=1S/C12H11O2PS/c16-15(13-11-7-3-1-4-8-11)14-12-9-5-2-6-10-12/h1-10,15H. The Hall–Kier alpha value is -1.31. The van der Waals surface area contributed by atoms with Crippen LogP contribution in [0, 0.1) is 0 Å². The molecule has 0 aliphatic carbocycles. The van der Waals surface area contributed by atoms with Gasteiger partial charge in [0.2, 0.25) is 0 Å². The van der Waals surface area contributed by atoms with Gasteiger partial charge in [0.15, 0.2) is 0 Å². The van der Waals surface area contributed by atoms with E-state index in [4.69, 9.17) is 20.9 Å². The van der Waals surface area contributed by atoms with E-state index in [0.29, 0.717) is 0 Å². The number of benzene rings is 2. The Balaban J connectivity index is 1.95. The van der Waals surface area contributed by atoms with E-state index in [-0.39, 0.29) is 0 Å². The SMILES string of the molecule is S=[PH](Oc1ccccc1)Oc1ccccc1. The van der Waals surface area contributed by atoms with Crippen molar-refractivity contribution in [3.63, 3.8) is 0 Å². The third kappa shape index (κ3) is 3.37. The van der Waals surface area contributed by atoms with E-state index < -0.39 is 7.15 Å². The maximum absolute atomic E-state index is 5.51. The van der Waals surface area contributed by atoms with Crippen LogP contribution in [0.1, 0.15) is 0 Å². The summed E-state index contributed by atoms with van der Waals surface area (Å²) in [6.07, 6.45) is 0. The average Bonchev–Trinajstić information content (AvgIpc) is 2.31. The quantitative estimate of drug-likeness (QED) is 0.772. The number of para-hydroxylation sites is 2. The van der Waals surface area contributed by atoms with Crippen molar-refractivity contribution in [3.8, 4) is 11.5 Å². The van der Waals surface area contributed by atoms with Gasteiger partial charge in [0, 0.05) is 0 Å². The molecule has 0 bridgehead atoms. The first-order chi connectivity index (χ1) is 7.84. The molecule has 0 aliphatic heterocycles. The summed E-state index contributed by atoms with van der Waals surface area (Å²) in [5, 5.41) is 0. The molecule has 0 fully saturated rings. The normalized spacial score (nSPS) is 10.1. The highest BCUT2D eigenvalue weighted by atomic mass is 32.4. The van der Waals surface area contributed by atoms with E-state index in [2.05, 4.69) is 0 Å². The topological polar surface area (TPSA) is 18.5 Å². The lowest BCUT2D eigenvalue weighted by molar-refractivity contribution is 0.513. The van der Waals surface area contributed by atoms with Crippen LogP contribution in [0.2, 0.25) is 0 Å². The fraction of sp³-hybridized carbons (Fsp3) is 0.